The minimum absolute atomic E-state index is 0.0221. The lowest BCUT2D eigenvalue weighted by molar-refractivity contribution is -0.118. The Hall–Kier alpha value is -4.85. The number of pyridine rings is 1. The average molecular weight is 642 g/mol. The average Bonchev–Trinajstić information content (AvgIpc) is 3.28. The van der Waals surface area contributed by atoms with E-state index >= 15 is 4.39 Å². The molecule has 6 rings (SSSR count). The molecule has 1 saturated heterocycles. The van der Waals surface area contributed by atoms with Crippen LogP contribution in [0.5, 0.6) is 5.75 Å². The topological polar surface area (TPSA) is 115 Å². The number of nitrogens with zero attached hydrogens (tertiary/aromatic N) is 6. The van der Waals surface area contributed by atoms with Crippen LogP contribution >= 0.6 is 11.6 Å². The second kappa shape index (κ2) is 11.3. The van der Waals surface area contributed by atoms with Gasteiger partial charge in [-0.3, -0.25) is 24.2 Å². The summed E-state index contributed by atoms with van der Waals surface area (Å²) in [6, 6.07) is 1.60. The molecule has 15 heteroatoms. The molecule has 0 spiro atoms. The van der Waals surface area contributed by atoms with E-state index in [1.54, 1.807) is 13.8 Å². The molecule has 3 aromatic heterocycles. The first-order chi connectivity index (χ1) is 21.4. The number of hydrogen-bond donors (Lipinski definition) is 1. The summed E-state index contributed by atoms with van der Waals surface area (Å²) in [6.45, 7) is 5.82. The summed E-state index contributed by atoms with van der Waals surface area (Å²) in [5.41, 5.74) is 1.15. The fourth-order valence-corrected chi connectivity index (χ4v) is 5.62. The highest BCUT2D eigenvalue weighted by Crippen LogP contribution is 2.52. The summed E-state index contributed by atoms with van der Waals surface area (Å²) in [4.78, 5) is 39.7. The van der Waals surface area contributed by atoms with Crippen molar-refractivity contribution in [2.45, 2.75) is 33.4 Å². The Balaban J connectivity index is 1.21. The van der Waals surface area contributed by atoms with Gasteiger partial charge in [-0.15, -0.1) is 0 Å². The standard InChI is InChI=1S/C30H24ClF4N7O3/c1-12-18-11-41(29(44)22(12)18)27-24(32)13(2)17(8-37-27)15(4)42-10-16(7-38-42)39-28(43)26-14(3)36-9-20(40-26)23-21(45-30(34)35)6-5-19(31)25(23)33/h5-10,15,18,22,30H,1,11H2,2-4H3,(H,39,43)/t15?,18-,22+/m0/s1. The number of halogens is 5. The number of rotatable bonds is 8. The normalized spacial score (nSPS) is 17.9. The molecule has 1 aromatic carbocycles. The predicted molar refractivity (Wildman–Crippen MR) is 155 cm³/mol. The monoisotopic (exact) mass is 641 g/mol. The van der Waals surface area contributed by atoms with Crippen LogP contribution in [0.2, 0.25) is 5.02 Å². The van der Waals surface area contributed by atoms with E-state index in [-0.39, 0.29) is 51.4 Å². The third-order valence-electron chi connectivity index (χ3n) is 8.03. The molecule has 2 amide bonds. The van der Waals surface area contributed by atoms with Gasteiger partial charge < -0.3 is 10.1 Å². The van der Waals surface area contributed by atoms with Crippen LogP contribution in [-0.4, -0.2) is 49.7 Å². The maximum atomic E-state index is 15.4. The van der Waals surface area contributed by atoms with Crippen molar-refractivity contribution >= 4 is 34.9 Å². The molecule has 1 aliphatic heterocycles. The van der Waals surface area contributed by atoms with Crippen LogP contribution in [0.3, 0.4) is 0 Å². The van der Waals surface area contributed by atoms with Gasteiger partial charge in [0.15, 0.2) is 17.5 Å². The third-order valence-corrected chi connectivity index (χ3v) is 8.32. The number of carbonyl (C=O) groups excluding carboxylic acids is 2. The van der Waals surface area contributed by atoms with Gasteiger partial charge in [0.25, 0.3) is 5.91 Å². The Kier molecular flexibility index (Phi) is 7.55. The zero-order chi connectivity index (χ0) is 32.3. The number of hydrogen-bond acceptors (Lipinski definition) is 7. The van der Waals surface area contributed by atoms with Crippen LogP contribution in [0.25, 0.3) is 11.3 Å². The second-order valence-electron chi connectivity index (χ2n) is 10.7. The van der Waals surface area contributed by atoms with Crippen molar-refractivity contribution in [1.82, 2.24) is 24.7 Å². The molecule has 0 bridgehead atoms. The lowest BCUT2D eigenvalue weighted by Crippen LogP contribution is -2.30. The van der Waals surface area contributed by atoms with Crippen molar-refractivity contribution in [3.05, 3.63) is 88.2 Å². The highest BCUT2D eigenvalue weighted by molar-refractivity contribution is 6.31. The summed E-state index contributed by atoms with van der Waals surface area (Å²) in [5, 5.41) is 6.55. The summed E-state index contributed by atoms with van der Waals surface area (Å²) < 4.78 is 62.2. The number of ether oxygens (including phenoxy) is 1. The first kappa shape index (κ1) is 30.2. The number of aromatic nitrogens is 5. The van der Waals surface area contributed by atoms with Crippen LogP contribution in [0, 0.1) is 37.3 Å². The number of aryl methyl sites for hydroxylation is 1. The summed E-state index contributed by atoms with van der Waals surface area (Å²) in [7, 11) is 0. The van der Waals surface area contributed by atoms with Gasteiger partial charge in [-0.25, -0.2) is 18.7 Å². The Labute approximate surface area is 258 Å². The predicted octanol–water partition coefficient (Wildman–Crippen LogP) is 5.90. The Morgan fingerprint density at radius 1 is 1.16 bits per heavy atom. The fourth-order valence-electron chi connectivity index (χ4n) is 5.46. The number of benzene rings is 1. The van der Waals surface area contributed by atoms with Gasteiger partial charge in [0.05, 0.1) is 52.0 Å². The first-order valence-electron chi connectivity index (χ1n) is 13.6. The van der Waals surface area contributed by atoms with Crippen LogP contribution in [0.15, 0.2) is 49.1 Å². The van der Waals surface area contributed by atoms with E-state index in [0.29, 0.717) is 17.7 Å². The molecule has 1 N–H and O–H groups in total. The van der Waals surface area contributed by atoms with Gasteiger partial charge in [0, 0.05) is 30.4 Å². The van der Waals surface area contributed by atoms with Crippen molar-refractivity contribution in [3.8, 4) is 17.0 Å². The molecule has 1 aliphatic carbocycles. The molecule has 4 aromatic rings. The molecule has 232 valence electrons. The Bertz CT molecular complexity index is 1900. The molecule has 3 atom stereocenters. The summed E-state index contributed by atoms with van der Waals surface area (Å²) in [5.74, 6) is -3.38. The van der Waals surface area contributed by atoms with Crippen molar-refractivity contribution in [2.75, 3.05) is 16.8 Å². The van der Waals surface area contributed by atoms with Crippen molar-refractivity contribution in [2.24, 2.45) is 11.8 Å². The summed E-state index contributed by atoms with van der Waals surface area (Å²) in [6.07, 6.45) is 5.48. The largest absolute Gasteiger partial charge is 0.434 e. The third kappa shape index (κ3) is 5.28. The lowest BCUT2D eigenvalue weighted by atomic mass is 10.0. The van der Waals surface area contributed by atoms with E-state index < -0.39 is 41.5 Å². The van der Waals surface area contributed by atoms with E-state index in [1.807, 2.05) is 0 Å². The fraction of sp³-hybridized carbons (Fsp3) is 0.267. The number of carbonyl (C=O) groups is 2. The zero-order valence-electron chi connectivity index (χ0n) is 24.0. The van der Waals surface area contributed by atoms with Gasteiger partial charge in [0.1, 0.15) is 11.4 Å². The number of anilines is 2. The van der Waals surface area contributed by atoms with E-state index in [4.69, 9.17) is 11.6 Å². The number of alkyl halides is 2. The van der Waals surface area contributed by atoms with E-state index in [9.17, 15) is 22.8 Å². The molecular weight excluding hydrogens is 618 g/mol. The quantitative estimate of drug-likeness (QED) is 0.188. The van der Waals surface area contributed by atoms with Gasteiger partial charge in [-0.1, -0.05) is 23.8 Å². The number of fused-ring (bicyclic) bond motifs is 1. The minimum atomic E-state index is -3.25. The molecule has 2 aliphatic rings. The highest BCUT2D eigenvalue weighted by Gasteiger charge is 2.57. The van der Waals surface area contributed by atoms with Gasteiger partial charge in [-0.2, -0.15) is 13.9 Å². The lowest BCUT2D eigenvalue weighted by Gasteiger charge is -2.21. The van der Waals surface area contributed by atoms with Crippen molar-refractivity contribution in [3.63, 3.8) is 0 Å². The van der Waals surface area contributed by atoms with Crippen molar-refractivity contribution in [1.29, 1.82) is 0 Å². The minimum Gasteiger partial charge on any atom is -0.434 e. The molecule has 1 unspecified atom stereocenters. The maximum Gasteiger partial charge on any atom is 0.387 e. The number of amides is 2. The maximum absolute atomic E-state index is 15.4. The van der Waals surface area contributed by atoms with E-state index in [2.05, 4.69) is 36.7 Å². The molecule has 4 heterocycles. The Morgan fingerprint density at radius 3 is 2.60 bits per heavy atom. The van der Waals surface area contributed by atoms with Crippen LogP contribution in [0.4, 0.5) is 29.1 Å². The zero-order valence-corrected chi connectivity index (χ0v) is 24.7. The molecule has 45 heavy (non-hydrogen) atoms. The number of nitrogens with one attached hydrogen (secondary N) is 1. The Morgan fingerprint density at radius 2 is 1.91 bits per heavy atom. The van der Waals surface area contributed by atoms with Crippen LogP contribution in [-0.2, 0) is 4.79 Å². The van der Waals surface area contributed by atoms with E-state index in [1.165, 1.54) is 35.1 Å². The van der Waals surface area contributed by atoms with Crippen LogP contribution < -0.4 is 15.0 Å². The summed E-state index contributed by atoms with van der Waals surface area (Å²) >= 11 is 5.86. The molecule has 1 saturated carbocycles. The van der Waals surface area contributed by atoms with Crippen LogP contribution in [0.1, 0.15) is 40.3 Å². The van der Waals surface area contributed by atoms with Gasteiger partial charge in [-0.05, 0) is 38.5 Å². The smallest absolute Gasteiger partial charge is 0.387 e. The molecular formula is C30H24ClF4N7O3. The highest BCUT2D eigenvalue weighted by atomic mass is 35.5. The van der Waals surface area contributed by atoms with Crippen molar-refractivity contribution < 1.29 is 31.9 Å². The first-order valence-corrected chi connectivity index (χ1v) is 14.0. The molecule has 10 nitrogen and oxygen atoms in total. The van der Waals surface area contributed by atoms with Gasteiger partial charge >= 0.3 is 6.61 Å². The second-order valence-corrected chi connectivity index (χ2v) is 11.1. The SMILES string of the molecule is C=C1[C@H]2C(=O)N(c3ncc(C(C)n4cc(NC(=O)c5nc(-c6c(OC(F)F)ccc(Cl)c6F)cnc5C)cn4)c(C)c3F)C[C@@H]12. The van der Waals surface area contributed by atoms with E-state index in [0.717, 1.165) is 23.9 Å². The molecule has 2 fully saturated rings. The number of piperidine rings is 1. The van der Waals surface area contributed by atoms with Gasteiger partial charge in [0.2, 0.25) is 5.91 Å². The molecule has 0 radical (unpaired) electrons.